The highest BCUT2D eigenvalue weighted by atomic mass is 19.1. The Labute approximate surface area is 98.7 Å². The van der Waals surface area contributed by atoms with Crippen LogP contribution in [0, 0.1) is 11.7 Å². The Morgan fingerprint density at radius 1 is 1.35 bits per heavy atom. The Morgan fingerprint density at radius 2 is 2.00 bits per heavy atom. The van der Waals surface area contributed by atoms with Gasteiger partial charge >= 0.3 is 5.97 Å². The van der Waals surface area contributed by atoms with Crippen molar-refractivity contribution in [3.05, 3.63) is 30.1 Å². The summed E-state index contributed by atoms with van der Waals surface area (Å²) < 4.78 is 17.9. The van der Waals surface area contributed by atoms with E-state index in [-0.39, 0.29) is 31.4 Å². The molecule has 0 fully saturated rings. The van der Waals surface area contributed by atoms with E-state index in [1.807, 2.05) is 0 Å². The maximum atomic E-state index is 12.6. The number of halogens is 1. The number of aliphatic carboxylic acids is 1. The first-order valence-electron chi connectivity index (χ1n) is 5.33. The van der Waals surface area contributed by atoms with Crippen LogP contribution in [0.25, 0.3) is 0 Å². The van der Waals surface area contributed by atoms with Crippen LogP contribution < -0.4 is 4.74 Å². The highest BCUT2D eigenvalue weighted by molar-refractivity contribution is 5.66. The van der Waals surface area contributed by atoms with Crippen LogP contribution in [0.3, 0.4) is 0 Å². The van der Waals surface area contributed by atoms with Crippen molar-refractivity contribution >= 4 is 5.97 Å². The van der Waals surface area contributed by atoms with Gasteiger partial charge in [-0.05, 0) is 30.7 Å². The lowest BCUT2D eigenvalue weighted by Gasteiger charge is -2.14. The quantitative estimate of drug-likeness (QED) is 0.763. The molecule has 1 rings (SSSR count). The second kappa shape index (κ2) is 6.85. The van der Waals surface area contributed by atoms with Gasteiger partial charge in [0.2, 0.25) is 0 Å². The Kier molecular flexibility index (Phi) is 5.42. The van der Waals surface area contributed by atoms with E-state index in [1.165, 1.54) is 24.3 Å². The molecule has 17 heavy (non-hydrogen) atoms. The van der Waals surface area contributed by atoms with Gasteiger partial charge in [0.05, 0.1) is 6.61 Å². The summed E-state index contributed by atoms with van der Waals surface area (Å²) >= 11 is 0. The van der Waals surface area contributed by atoms with E-state index in [1.54, 1.807) is 0 Å². The number of benzene rings is 1. The van der Waals surface area contributed by atoms with Crippen molar-refractivity contribution in [1.29, 1.82) is 0 Å². The van der Waals surface area contributed by atoms with Crippen LogP contribution in [0.2, 0.25) is 0 Å². The van der Waals surface area contributed by atoms with Crippen molar-refractivity contribution in [2.45, 2.75) is 12.8 Å². The Balaban J connectivity index is 2.36. The average Bonchev–Trinajstić information content (AvgIpc) is 2.31. The fraction of sp³-hybridized carbons (Fsp3) is 0.417. The first-order valence-corrected chi connectivity index (χ1v) is 5.33. The van der Waals surface area contributed by atoms with Gasteiger partial charge in [-0.25, -0.2) is 4.39 Å². The lowest BCUT2D eigenvalue weighted by atomic mass is 10.1. The van der Waals surface area contributed by atoms with Gasteiger partial charge in [0.15, 0.2) is 0 Å². The van der Waals surface area contributed by atoms with Gasteiger partial charge in [0.1, 0.15) is 11.6 Å². The lowest BCUT2D eigenvalue weighted by Crippen LogP contribution is -2.17. The van der Waals surface area contributed by atoms with E-state index in [9.17, 15) is 9.18 Å². The number of carbonyl (C=O) groups is 1. The maximum absolute atomic E-state index is 12.6. The Morgan fingerprint density at radius 3 is 2.53 bits per heavy atom. The van der Waals surface area contributed by atoms with Gasteiger partial charge < -0.3 is 14.9 Å². The molecule has 0 aliphatic heterocycles. The van der Waals surface area contributed by atoms with Crippen LogP contribution in [0.5, 0.6) is 5.75 Å². The van der Waals surface area contributed by atoms with Crippen LogP contribution >= 0.6 is 0 Å². The highest BCUT2D eigenvalue weighted by Crippen LogP contribution is 2.14. The summed E-state index contributed by atoms with van der Waals surface area (Å²) in [7, 11) is 0. The number of ether oxygens (including phenoxy) is 1. The second-order valence-corrected chi connectivity index (χ2v) is 3.75. The van der Waals surface area contributed by atoms with E-state index < -0.39 is 5.97 Å². The molecule has 2 N–H and O–H groups in total. The summed E-state index contributed by atoms with van der Waals surface area (Å²) in [5.74, 6) is -0.969. The number of carboxylic acids is 1. The number of aliphatic hydroxyl groups excluding tert-OH is 1. The molecule has 0 spiro atoms. The van der Waals surface area contributed by atoms with Crippen LogP contribution in [0.15, 0.2) is 24.3 Å². The first-order chi connectivity index (χ1) is 8.11. The van der Waals surface area contributed by atoms with Crippen molar-refractivity contribution < 1.29 is 24.1 Å². The molecule has 4 nitrogen and oxygen atoms in total. The summed E-state index contributed by atoms with van der Waals surface area (Å²) in [5.41, 5.74) is 0. The van der Waals surface area contributed by atoms with E-state index in [0.717, 1.165) is 0 Å². The summed E-state index contributed by atoms with van der Waals surface area (Å²) in [6, 6.07) is 5.53. The third-order valence-electron chi connectivity index (χ3n) is 2.32. The minimum Gasteiger partial charge on any atom is -0.493 e. The molecule has 0 saturated heterocycles. The highest BCUT2D eigenvalue weighted by Gasteiger charge is 2.10. The Bertz CT molecular complexity index is 350. The van der Waals surface area contributed by atoms with Crippen molar-refractivity contribution in [2.75, 3.05) is 13.2 Å². The number of aliphatic hydroxyl groups is 1. The zero-order valence-electron chi connectivity index (χ0n) is 9.30. The largest absolute Gasteiger partial charge is 0.493 e. The van der Waals surface area contributed by atoms with Gasteiger partial charge in [0, 0.05) is 18.9 Å². The normalized spacial score (nSPS) is 12.1. The van der Waals surface area contributed by atoms with Crippen LogP contribution in [0.4, 0.5) is 4.39 Å². The number of hydrogen-bond acceptors (Lipinski definition) is 3. The average molecular weight is 242 g/mol. The second-order valence-electron chi connectivity index (χ2n) is 3.75. The smallest absolute Gasteiger partial charge is 0.303 e. The zero-order chi connectivity index (χ0) is 12.7. The Hall–Kier alpha value is -1.62. The molecule has 5 heteroatoms. The van der Waals surface area contributed by atoms with Crippen molar-refractivity contribution in [1.82, 2.24) is 0 Å². The van der Waals surface area contributed by atoms with Gasteiger partial charge in [-0.3, -0.25) is 4.79 Å². The van der Waals surface area contributed by atoms with E-state index in [2.05, 4.69) is 0 Å². The molecule has 1 aromatic rings. The standard InChI is InChI=1S/C12H15FO4/c13-10-2-4-11(5-3-10)17-8-9(7-14)1-6-12(15)16/h2-5,9,14H,1,6-8H2,(H,15,16). The van der Waals surface area contributed by atoms with Crippen molar-refractivity contribution in [3.8, 4) is 5.75 Å². The number of hydrogen-bond donors (Lipinski definition) is 2. The van der Waals surface area contributed by atoms with E-state index >= 15 is 0 Å². The van der Waals surface area contributed by atoms with Crippen LogP contribution in [0.1, 0.15) is 12.8 Å². The number of carboxylic acid groups (broad SMARTS) is 1. The predicted molar refractivity (Wildman–Crippen MR) is 59.3 cm³/mol. The number of rotatable bonds is 7. The van der Waals surface area contributed by atoms with E-state index in [4.69, 9.17) is 14.9 Å². The molecule has 0 aliphatic carbocycles. The van der Waals surface area contributed by atoms with Gasteiger partial charge in [-0.2, -0.15) is 0 Å². The summed E-state index contributed by atoms with van der Waals surface area (Å²) in [5, 5.41) is 17.5. The van der Waals surface area contributed by atoms with Gasteiger partial charge in [-0.1, -0.05) is 0 Å². The monoisotopic (exact) mass is 242 g/mol. The molecule has 0 bridgehead atoms. The molecule has 0 aliphatic rings. The molecule has 94 valence electrons. The molecule has 0 amide bonds. The minimum atomic E-state index is -0.898. The summed E-state index contributed by atoms with van der Waals surface area (Å²) in [4.78, 5) is 10.4. The topological polar surface area (TPSA) is 66.8 Å². The molecule has 0 heterocycles. The first kappa shape index (κ1) is 13.4. The van der Waals surface area contributed by atoms with E-state index in [0.29, 0.717) is 12.2 Å². The lowest BCUT2D eigenvalue weighted by molar-refractivity contribution is -0.137. The van der Waals surface area contributed by atoms with Gasteiger partial charge in [0.25, 0.3) is 0 Å². The molecule has 1 unspecified atom stereocenters. The zero-order valence-corrected chi connectivity index (χ0v) is 9.30. The minimum absolute atomic E-state index is 0.00198. The van der Waals surface area contributed by atoms with Crippen LogP contribution in [-0.2, 0) is 4.79 Å². The van der Waals surface area contributed by atoms with Gasteiger partial charge in [-0.15, -0.1) is 0 Å². The molecular formula is C12H15FO4. The summed E-state index contributed by atoms with van der Waals surface area (Å²) in [6.07, 6.45) is 0.352. The molecule has 0 radical (unpaired) electrons. The SMILES string of the molecule is O=C(O)CCC(CO)COc1ccc(F)cc1. The van der Waals surface area contributed by atoms with Crippen molar-refractivity contribution in [2.24, 2.45) is 5.92 Å². The molecule has 0 saturated carbocycles. The molecule has 1 atom stereocenters. The fourth-order valence-electron chi connectivity index (χ4n) is 1.30. The maximum Gasteiger partial charge on any atom is 0.303 e. The molecular weight excluding hydrogens is 227 g/mol. The third-order valence-corrected chi connectivity index (χ3v) is 2.32. The molecule has 1 aromatic carbocycles. The summed E-state index contributed by atoms with van der Waals surface area (Å²) in [6.45, 7) is 0.0872. The van der Waals surface area contributed by atoms with Crippen molar-refractivity contribution in [3.63, 3.8) is 0 Å². The predicted octanol–water partition coefficient (Wildman–Crippen LogP) is 1.68. The molecule has 0 aromatic heterocycles. The fourth-order valence-corrected chi connectivity index (χ4v) is 1.30. The van der Waals surface area contributed by atoms with Crippen LogP contribution in [-0.4, -0.2) is 29.4 Å². The third kappa shape index (κ3) is 5.31.